The third-order valence-electron chi connectivity index (χ3n) is 3.28. The molecule has 8 heteroatoms. The van der Waals surface area contributed by atoms with Gasteiger partial charge in [-0.25, -0.2) is 9.59 Å². The molecule has 1 aromatic heterocycles. The minimum absolute atomic E-state index is 0.221. The lowest BCUT2D eigenvalue weighted by Crippen LogP contribution is -2.40. The van der Waals surface area contributed by atoms with E-state index in [4.69, 9.17) is 9.84 Å². The minimum atomic E-state index is -0.944. The van der Waals surface area contributed by atoms with Gasteiger partial charge in [0.2, 0.25) is 0 Å². The van der Waals surface area contributed by atoms with Crippen LogP contribution in [0.25, 0.3) is 0 Å². The lowest BCUT2D eigenvalue weighted by molar-refractivity contribution is -0.149. The highest BCUT2D eigenvalue weighted by Gasteiger charge is 2.30. The summed E-state index contributed by atoms with van der Waals surface area (Å²) in [5.74, 6) is -0.944. The predicted molar refractivity (Wildman–Crippen MR) is 73.8 cm³/mol. The van der Waals surface area contributed by atoms with E-state index < -0.39 is 12.1 Å². The molecule has 2 unspecified atom stereocenters. The van der Waals surface area contributed by atoms with E-state index in [2.05, 4.69) is 15.7 Å². The second-order valence-corrected chi connectivity index (χ2v) is 4.92. The van der Waals surface area contributed by atoms with Crippen molar-refractivity contribution in [1.29, 1.82) is 0 Å². The number of nitrogens with one attached hydrogen (secondary N) is 2. The first-order valence-corrected chi connectivity index (χ1v) is 7.02. The van der Waals surface area contributed by atoms with Crippen molar-refractivity contribution < 1.29 is 19.4 Å². The summed E-state index contributed by atoms with van der Waals surface area (Å²) >= 11 is 0. The summed E-state index contributed by atoms with van der Waals surface area (Å²) in [6.07, 6.45) is 4.55. The predicted octanol–water partition coefficient (Wildman–Crippen LogP) is 0.205. The molecule has 0 saturated carbocycles. The summed E-state index contributed by atoms with van der Waals surface area (Å²) < 4.78 is 7.10. The van der Waals surface area contributed by atoms with Crippen LogP contribution in [0.1, 0.15) is 19.3 Å². The standard InChI is InChI=1S/C13H20N4O4/c18-12(19)11-4-3-10(21-11)9-15-13(20)14-5-1-7-17-8-2-6-16-17/h2,6,8,10-11H,1,3-5,7,9H2,(H,18,19)(H2,14,15,20). The molecule has 2 atom stereocenters. The average Bonchev–Trinajstić information content (AvgIpc) is 3.12. The lowest BCUT2D eigenvalue weighted by atomic mass is 10.2. The fraction of sp³-hybridized carbons (Fsp3) is 0.615. The number of aryl methyl sites for hydroxylation is 1. The van der Waals surface area contributed by atoms with Crippen molar-refractivity contribution in [1.82, 2.24) is 20.4 Å². The first kappa shape index (κ1) is 15.3. The Kier molecular flexibility index (Phi) is 5.56. The smallest absolute Gasteiger partial charge is 0.332 e. The summed E-state index contributed by atoms with van der Waals surface area (Å²) in [7, 11) is 0. The number of aliphatic carboxylic acids is 1. The molecule has 1 aliphatic rings. The zero-order valence-electron chi connectivity index (χ0n) is 11.7. The van der Waals surface area contributed by atoms with Gasteiger partial charge in [-0.15, -0.1) is 0 Å². The third-order valence-corrected chi connectivity index (χ3v) is 3.28. The van der Waals surface area contributed by atoms with E-state index in [9.17, 15) is 9.59 Å². The van der Waals surface area contributed by atoms with Crippen LogP contribution in [0.15, 0.2) is 18.5 Å². The molecule has 0 aliphatic carbocycles. The van der Waals surface area contributed by atoms with Crippen molar-refractivity contribution in [3.63, 3.8) is 0 Å². The van der Waals surface area contributed by atoms with Gasteiger partial charge in [0, 0.05) is 32.0 Å². The Morgan fingerprint density at radius 2 is 2.24 bits per heavy atom. The first-order valence-electron chi connectivity index (χ1n) is 7.02. The van der Waals surface area contributed by atoms with Crippen LogP contribution in [0.4, 0.5) is 4.79 Å². The second-order valence-electron chi connectivity index (χ2n) is 4.92. The van der Waals surface area contributed by atoms with Crippen molar-refractivity contribution in [2.24, 2.45) is 0 Å². The fourth-order valence-electron chi connectivity index (χ4n) is 2.18. The SMILES string of the molecule is O=C(NCCCn1cccn1)NCC1CCC(C(=O)O)O1. The highest BCUT2D eigenvalue weighted by atomic mass is 16.5. The van der Waals surface area contributed by atoms with Crippen LogP contribution in [-0.2, 0) is 16.1 Å². The number of carboxylic acid groups (broad SMARTS) is 1. The first-order chi connectivity index (χ1) is 10.1. The van der Waals surface area contributed by atoms with E-state index in [1.165, 1.54) is 0 Å². The van der Waals surface area contributed by atoms with Crippen molar-refractivity contribution in [3.05, 3.63) is 18.5 Å². The Labute approximate surface area is 122 Å². The number of carboxylic acids is 1. The van der Waals surface area contributed by atoms with Crippen molar-refractivity contribution >= 4 is 12.0 Å². The number of ether oxygens (including phenoxy) is 1. The maximum atomic E-state index is 11.6. The van der Waals surface area contributed by atoms with Gasteiger partial charge in [-0.3, -0.25) is 4.68 Å². The molecule has 8 nitrogen and oxygen atoms in total. The number of nitrogens with zero attached hydrogens (tertiary/aromatic N) is 2. The highest BCUT2D eigenvalue weighted by molar-refractivity contribution is 5.74. The number of carbonyl (C=O) groups is 2. The van der Waals surface area contributed by atoms with E-state index in [0.717, 1.165) is 13.0 Å². The van der Waals surface area contributed by atoms with Gasteiger partial charge in [0.25, 0.3) is 0 Å². The van der Waals surface area contributed by atoms with Crippen LogP contribution in [0, 0.1) is 0 Å². The summed E-state index contributed by atoms with van der Waals surface area (Å²) in [4.78, 5) is 22.3. The van der Waals surface area contributed by atoms with Crippen LogP contribution >= 0.6 is 0 Å². The maximum absolute atomic E-state index is 11.6. The molecule has 1 saturated heterocycles. The zero-order valence-corrected chi connectivity index (χ0v) is 11.7. The molecule has 0 bridgehead atoms. The molecule has 21 heavy (non-hydrogen) atoms. The number of rotatable bonds is 7. The largest absolute Gasteiger partial charge is 0.479 e. The third kappa shape index (κ3) is 5.07. The summed E-state index contributed by atoms with van der Waals surface area (Å²) in [6.45, 7) is 1.63. The van der Waals surface area contributed by atoms with Crippen molar-refractivity contribution in [2.75, 3.05) is 13.1 Å². The Bertz CT molecular complexity index is 463. The molecule has 2 rings (SSSR count). The highest BCUT2D eigenvalue weighted by Crippen LogP contribution is 2.18. The number of amides is 2. The van der Waals surface area contributed by atoms with Crippen LogP contribution in [0.3, 0.4) is 0 Å². The van der Waals surface area contributed by atoms with Gasteiger partial charge in [-0.2, -0.15) is 5.10 Å². The van der Waals surface area contributed by atoms with Gasteiger partial charge in [0.15, 0.2) is 6.10 Å². The molecule has 0 spiro atoms. The van der Waals surface area contributed by atoms with E-state index >= 15 is 0 Å². The van der Waals surface area contributed by atoms with Crippen molar-refractivity contribution in [2.45, 2.75) is 38.0 Å². The van der Waals surface area contributed by atoms with Gasteiger partial charge in [-0.1, -0.05) is 0 Å². The Hall–Kier alpha value is -2.09. The van der Waals surface area contributed by atoms with Crippen molar-refractivity contribution in [3.8, 4) is 0 Å². The van der Waals surface area contributed by atoms with E-state index in [0.29, 0.717) is 25.9 Å². The second kappa shape index (κ2) is 7.63. The Morgan fingerprint density at radius 1 is 1.38 bits per heavy atom. The summed E-state index contributed by atoms with van der Waals surface area (Å²) in [6, 6.07) is 1.59. The Morgan fingerprint density at radius 3 is 2.90 bits per heavy atom. The molecule has 1 aromatic rings. The average molecular weight is 296 g/mol. The van der Waals surface area contributed by atoms with E-state index in [1.807, 2.05) is 12.3 Å². The number of hydrogen-bond acceptors (Lipinski definition) is 4. The van der Waals surface area contributed by atoms with Crippen LogP contribution in [0.5, 0.6) is 0 Å². The van der Waals surface area contributed by atoms with Gasteiger partial charge >= 0.3 is 12.0 Å². The summed E-state index contributed by atoms with van der Waals surface area (Å²) in [5.41, 5.74) is 0. The number of hydrogen-bond donors (Lipinski definition) is 3. The van der Waals surface area contributed by atoms with Gasteiger partial charge < -0.3 is 20.5 Å². The molecule has 3 N–H and O–H groups in total. The van der Waals surface area contributed by atoms with E-state index in [1.54, 1.807) is 10.9 Å². The molecular formula is C13H20N4O4. The molecule has 2 heterocycles. The lowest BCUT2D eigenvalue weighted by Gasteiger charge is -2.13. The van der Waals surface area contributed by atoms with Gasteiger partial charge in [0.05, 0.1) is 6.10 Å². The molecule has 1 fully saturated rings. The van der Waals surface area contributed by atoms with Crippen LogP contribution in [0.2, 0.25) is 0 Å². The molecule has 0 aromatic carbocycles. The maximum Gasteiger partial charge on any atom is 0.332 e. The van der Waals surface area contributed by atoms with Crippen LogP contribution in [-0.4, -0.2) is 52.2 Å². The monoisotopic (exact) mass is 296 g/mol. The Balaban J connectivity index is 1.53. The molecule has 1 aliphatic heterocycles. The minimum Gasteiger partial charge on any atom is -0.479 e. The zero-order chi connectivity index (χ0) is 15.1. The fourth-order valence-corrected chi connectivity index (χ4v) is 2.18. The van der Waals surface area contributed by atoms with Crippen LogP contribution < -0.4 is 10.6 Å². The topological polar surface area (TPSA) is 105 Å². The van der Waals surface area contributed by atoms with E-state index in [-0.39, 0.29) is 12.1 Å². The quantitative estimate of drug-likeness (QED) is 0.624. The van der Waals surface area contributed by atoms with Gasteiger partial charge in [0.1, 0.15) is 0 Å². The molecule has 116 valence electrons. The number of aromatic nitrogens is 2. The molecule has 0 radical (unpaired) electrons. The molecular weight excluding hydrogens is 276 g/mol. The molecule has 2 amide bonds. The normalized spacial score (nSPS) is 21.1. The number of carbonyl (C=O) groups excluding carboxylic acids is 1. The van der Waals surface area contributed by atoms with Gasteiger partial charge in [-0.05, 0) is 25.3 Å². The summed E-state index contributed by atoms with van der Waals surface area (Å²) in [5, 5.41) is 18.3. The number of urea groups is 1.